The third kappa shape index (κ3) is 3.18. The summed E-state index contributed by atoms with van der Waals surface area (Å²) in [4.78, 5) is 11.7. The van der Waals surface area contributed by atoms with E-state index in [2.05, 4.69) is 30.3 Å². The first-order chi connectivity index (χ1) is 8.16. The van der Waals surface area contributed by atoms with Crippen LogP contribution in [0.5, 0.6) is 0 Å². The Morgan fingerprint density at radius 1 is 1.24 bits per heavy atom. The molecule has 1 aliphatic carbocycles. The van der Waals surface area contributed by atoms with Crippen LogP contribution in [0.1, 0.15) is 51.0 Å². The maximum Gasteiger partial charge on any atom is 0.135 e. The predicted octanol–water partition coefficient (Wildman–Crippen LogP) is 4.19. The highest BCUT2D eigenvalue weighted by atomic mass is 16.1. The molecule has 1 nitrogen and oxygen atoms in total. The fraction of sp³-hybridized carbons (Fsp3) is 0.562. The standard InChI is InChI=1S/C16H22O/c1-12(2)16(17)11-13-8-9-15(10-13)14-6-4-3-5-7-14/h3-7,12-13,15H,8-11H2,1-2H3. The first-order valence-electron chi connectivity index (χ1n) is 6.74. The minimum atomic E-state index is 0.200. The molecule has 0 aromatic heterocycles. The van der Waals surface area contributed by atoms with E-state index in [1.807, 2.05) is 13.8 Å². The zero-order valence-electron chi connectivity index (χ0n) is 10.9. The van der Waals surface area contributed by atoms with Gasteiger partial charge in [-0.15, -0.1) is 0 Å². The summed E-state index contributed by atoms with van der Waals surface area (Å²) in [7, 11) is 0. The number of carbonyl (C=O) groups is 1. The average molecular weight is 230 g/mol. The molecule has 2 unspecified atom stereocenters. The van der Waals surface area contributed by atoms with Gasteiger partial charge >= 0.3 is 0 Å². The fourth-order valence-electron chi connectivity index (χ4n) is 2.81. The van der Waals surface area contributed by atoms with Crippen molar-refractivity contribution in [1.29, 1.82) is 0 Å². The van der Waals surface area contributed by atoms with E-state index in [0.717, 1.165) is 6.42 Å². The number of hydrogen-bond donors (Lipinski definition) is 0. The smallest absolute Gasteiger partial charge is 0.135 e. The van der Waals surface area contributed by atoms with Gasteiger partial charge in [0.15, 0.2) is 0 Å². The Morgan fingerprint density at radius 2 is 1.94 bits per heavy atom. The summed E-state index contributed by atoms with van der Waals surface area (Å²) >= 11 is 0. The molecule has 2 rings (SSSR count). The van der Waals surface area contributed by atoms with Crippen LogP contribution in [0.2, 0.25) is 0 Å². The molecule has 92 valence electrons. The highest BCUT2D eigenvalue weighted by Gasteiger charge is 2.27. The van der Waals surface area contributed by atoms with Crippen LogP contribution in [0.15, 0.2) is 30.3 Å². The lowest BCUT2D eigenvalue weighted by molar-refractivity contribution is -0.122. The highest BCUT2D eigenvalue weighted by Crippen LogP contribution is 2.39. The van der Waals surface area contributed by atoms with Crippen molar-refractivity contribution in [3.63, 3.8) is 0 Å². The lowest BCUT2D eigenvalue weighted by atomic mass is 9.92. The second-order valence-corrected chi connectivity index (χ2v) is 5.61. The summed E-state index contributed by atoms with van der Waals surface area (Å²) in [6.07, 6.45) is 4.46. The molecule has 2 atom stereocenters. The number of benzene rings is 1. The van der Waals surface area contributed by atoms with Crippen LogP contribution < -0.4 is 0 Å². The van der Waals surface area contributed by atoms with Crippen molar-refractivity contribution in [2.24, 2.45) is 11.8 Å². The summed E-state index contributed by atoms with van der Waals surface area (Å²) < 4.78 is 0. The van der Waals surface area contributed by atoms with Crippen LogP contribution in [-0.2, 0) is 4.79 Å². The molecule has 1 heteroatoms. The Hall–Kier alpha value is -1.11. The zero-order chi connectivity index (χ0) is 12.3. The van der Waals surface area contributed by atoms with Gasteiger partial charge in [-0.05, 0) is 36.7 Å². The molecule has 1 aliphatic rings. The quantitative estimate of drug-likeness (QED) is 0.758. The molecule has 0 N–H and O–H groups in total. The summed E-state index contributed by atoms with van der Waals surface area (Å²) in [6.45, 7) is 4.01. The van der Waals surface area contributed by atoms with Crippen LogP contribution >= 0.6 is 0 Å². The molecule has 0 spiro atoms. The van der Waals surface area contributed by atoms with Gasteiger partial charge < -0.3 is 0 Å². The number of Topliss-reactive ketones (excluding diaryl/α,β-unsaturated/α-hetero) is 1. The SMILES string of the molecule is CC(C)C(=O)CC1CCC(c2ccccc2)C1. The van der Waals surface area contributed by atoms with E-state index in [1.54, 1.807) is 0 Å². The maximum atomic E-state index is 11.7. The third-order valence-electron chi connectivity index (χ3n) is 3.95. The second-order valence-electron chi connectivity index (χ2n) is 5.61. The van der Waals surface area contributed by atoms with Crippen molar-refractivity contribution >= 4 is 5.78 Å². The molecular formula is C16H22O. The Balaban J connectivity index is 1.90. The van der Waals surface area contributed by atoms with Gasteiger partial charge in [-0.3, -0.25) is 4.79 Å². The van der Waals surface area contributed by atoms with Crippen LogP contribution in [0.25, 0.3) is 0 Å². The first kappa shape index (κ1) is 12.3. The minimum absolute atomic E-state index is 0.200. The molecule has 0 aliphatic heterocycles. The molecule has 0 radical (unpaired) electrons. The topological polar surface area (TPSA) is 17.1 Å². The van der Waals surface area contributed by atoms with Crippen molar-refractivity contribution in [3.8, 4) is 0 Å². The lowest BCUT2D eigenvalue weighted by Gasteiger charge is -2.12. The molecule has 0 bridgehead atoms. The monoisotopic (exact) mass is 230 g/mol. The van der Waals surface area contributed by atoms with E-state index in [-0.39, 0.29) is 5.92 Å². The van der Waals surface area contributed by atoms with E-state index in [9.17, 15) is 4.79 Å². The van der Waals surface area contributed by atoms with Crippen molar-refractivity contribution in [1.82, 2.24) is 0 Å². The van der Waals surface area contributed by atoms with Gasteiger partial charge in [-0.25, -0.2) is 0 Å². The molecule has 1 saturated carbocycles. The lowest BCUT2D eigenvalue weighted by Crippen LogP contribution is -2.11. The maximum absolute atomic E-state index is 11.7. The second kappa shape index (κ2) is 5.48. The summed E-state index contributed by atoms with van der Waals surface area (Å²) in [5.74, 6) is 1.94. The molecule has 1 fully saturated rings. The molecule has 17 heavy (non-hydrogen) atoms. The number of rotatable bonds is 4. The fourth-order valence-corrected chi connectivity index (χ4v) is 2.81. The van der Waals surface area contributed by atoms with E-state index in [0.29, 0.717) is 17.6 Å². The van der Waals surface area contributed by atoms with Gasteiger partial charge in [0, 0.05) is 12.3 Å². The molecule has 0 heterocycles. The van der Waals surface area contributed by atoms with E-state index in [1.165, 1.54) is 24.8 Å². The Labute approximate surface area is 104 Å². The van der Waals surface area contributed by atoms with Crippen LogP contribution in [0, 0.1) is 11.8 Å². The van der Waals surface area contributed by atoms with Crippen molar-refractivity contribution in [2.45, 2.75) is 45.4 Å². The zero-order valence-corrected chi connectivity index (χ0v) is 10.9. The van der Waals surface area contributed by atoms with Crippen molar-refractivity contribution in [3.05, 3.63) is 35.9 Å². The molecule has 0 saturated heterocycles. The Morgan fingerprint density at radius 3 is 2.59 bits per heavy atom. The van der Waals surface area contributed by atoms with Gasteiger partial charge in [0.05, 0.1) is 0 Å². The summed E-state index contributed by atoms with van der Waals surface area (Å²) in [5.41, 5.74) is 1.45. The first-order valence-corrected chi connectivity index (χ1v) is 6.74. The van der Waals surface area contributed by atoms with Gasteiger partial charge in [0.2, 0.25) is 0 Å². The molecule has 0 amide bonds. The highest BCUT2D eigenvalue weighted by molar-refractivity contribution is 5.80. The molecule has 1 aromatic carbocycles. The van der Waals surface area contributed by atoms with Crippen LogP contribution in [0.3, 0.4) is 0 Å². The number of ketones is 1. The van der Waals surface area contributed by atoms with E-state index in [4.69, 9.17) is 0 Å². The van der Waals surface area contributed by atoms with Crippen molar-refractivity contribution < 1.29 is 4.79 Å². The largest absolute Gasteiger partial charge is 0.299 e. The number of carbonyl (C=O) groups excluding carboxylic acids is 1. The van der Waals surface area contributed by atoms with Gasteiger partial charge in [0.1, 0.15) is 5.78 Å². The van der Waals surface area contributed by atoms with E-state index < -0.39 is 0 Å². The minimum Gasteiger partial charge on any atom is -0.299 e. The Bertz CT molecular complexity index is 366. The summed E-state index contributed by atoms with van der Waals surface area (Å²) in [5, 5.41) is 0. The van der Waals surface area contributed by atoms with Gasteiger partial charge in [0.25, 0.3) is 0 Å². The van der Waals surface area contributed by atoms with Crippen LogP contribution in [-0.4, -0.2) is 5.78 Å². The van der Waals surface area contributed by atoms with Crippen LogP contribution in [0.4, 0.5) is 0 Å². The molecular weight excluding hydrogens is 208 g/mol. The molecule has 1 aromatic rings. The van der Waals surface area contributed by atoms with E-state index >= 15 is 0 Å². The average Bonchev–Trinajstić information content (AvgIpc) is 2.78. The third-order valence-corrected chi connectivity index (χ3v) is 3.95. The van der Waals surface area contributed by atoms with Crippen molar-refractivity contribution in [2.75, 3.05) is 0 Å². The predicted molar refractivity (Wildman–Crippen MR) is 71.0 cm³/mol. The van der Waals surface area contributed by atoms with Gasteiger partial charge in [-0.2, -0.15) is 0 Å². The number of hydrogen-bond acceptors (Lipinski definition) is 1. The normalized spacial score (nSPS) is 24.2. The Kier molecular flexibility index (Phi) is 3.98. The van der Waals surface area contributed by atoms with Gasteiger partial charge in [-0.1, -0.05) is 44.2 Å². The summed E-state index contributed by atoms with van der Waals surface area (Å²) in [6, 6.07) is 10.7.